The lowest BCUT2D eigenvalue weighted by Crippen LogP contribution is -2.51. The quantitative estimate of drug-likeness (QED) is 0.508. The van der Waals surface area contributed by atoms with E-state index >= 15 is 0 Å². The summed E-state index contributed by atoms with van der Waals surface area (Å²) in [7, 11) is 0. The van der Waals surface area contributed by atoms with Gasteiger partial charge in [0.05, 0.1) is 6.42 Å². The molecular formula is C27H32N2O5. The maximum atomic E-state index is 12.9. The average molecular weight is 465 g/mol. The first kappa shape index (κ1) is 23.8. The maximum Gasteiger partial charge on any atom is 0.407 e. The third-order valence-electron chi connectivity index (χ3n) is 7.05. The van der Waals surface area contributed by atoms with Crippen molar-refractivity contribution in [2.75, 3.05) is 6.61 Å². The lowest BCUT2D eigenvalue weighted by Gasteiger charge is -2.26. The molecule has 0 saturated heterocycles. The van der Waals surface area contributed by atoms with Crippen LogP contribution in [0.3, 0.4) is 0 Å². The third kappa shape index (κ3) is 5.24. The van der Waals surface area contributed by atoms with Gasteiger partial charge in [-0.2, -0.15) is 0 Å². The number of amides is 2. The van der Waals surface area contributed by atoms with Gasteiger partial charge in [-0.15, -0.1) is 0 Å². The maximum absolute atomic E-state index is 12.9. The van der Waals surface area contributed by atoms with E-state index in [2.05, 4.69) is 34.9 Å². The van der Waals surface area contributed by atoms with E-state index in [1.54, 1.807) is 6.92 Å². The molecule has 0 heterocycles. The van der Waals surface area contributed by atoms with Crippen molar-refractivity contribution in [2.45, 2.75) is 63.5 Å². The summed E-state index contributed by atoms with van der Waals surface area (Å²) < 4.78 is 5.57. The summed E-state index contributed by atoms with van der Waals surface area (Å²) >= 11 is 0. The molecule has 1 saturated carbocycles. The van der Waals surface area contributed by atoms with Crippen molar-refractivity contribution in [2.24, 2.45) is 5.92 Å². The van der Waals surface area contributed by atoms with Crippen LogP contribution in [-0.4, -0.2) is 41.8 Å². The monoisotopic (exact) mass is 464 g/mol. The number of benzene rings is 2. The second-order valence-electron chi connectivity index (χ2n) is 9.19. The molecule has 2 aliphatic carbocycles. The minimum atomic E-state index is -0.935. The van der Waals surface area contributed by atoms with Crippen molar-refractivity contribution in [3.63, 3.8) is 0 Å². The smallest absolute Gasteiger partial charge is 0.407 e. The summed E-state index contributed by atoms with van der Waals surface area (Å²) in [4.78, 5) is 36.8. The first-order chi connectivity index (χ1) is 16.5. The molecule has 0 aromatic heterocycles. The zero-order valence-electron chi connectivity index (χ0n) is 19.5. The molecule has 1 fully saturated rings. The summed E-state index contributed by atoms with van der Waals surface area (Å²) in [5.41, 5.74) is 4.53. The predicted molar refractivity (Wildman–Crippen MR) is 128 cm³/mol. The van der Waals surface area contributed by atoms with Crippen LogP contribution >= 0.6 is 0 Å². The van der Waals surface area contributed by atoms with Crippen LogP contribution in [0.4, 0.5) is 4.79 Å². The van der Waals surface area contributed by atoms with Gasteiger partial charge in [0, 0.05) is 12.0 Å². The number of alkyl carbamates (subject to hydrolysis) is 1. The van der Waals surface area contributed by atoms with Crippen molar-refractivity contribution < 1.29 is 24.2 Å². The lowest BCUT2D eigenvalue weighted by atomic mass is 9.95. The van der Waals surface area contributed by atoms with Gasteiger partial charge >= 0.3 is 12.1 Å². The molecule has 0 bridgehead atoms. The molecule has 2 atom stereocenters. The number of fused-ring (bicyclic) bond motifs is 3. The van der Waals surface area contributed by atoms with Crippen LogP contribution in [0, 0.1) is 5.92 Å². The molecule has 180 valence electrons. The number of hydrogen-bond acceptors (Lipinski definition) is 4. The highest BCUT2D eigenvalue weighted by Gasteiger charge is 2.32. The third-order valence-corrected chi connectivity index (χ3v) is 7.05. The van der Waals surface area contributed by atoms with Crippen molar-refractivity contribution in [1.82, 2.24) is 10.6 Å². The highest BCUT2D eigenvalue weighted by Crippen LogP contribution is 2.44. The van der Waals surface area contributed by atoms with E-state index < -0.39 is 24.1 Å². The number of rotatable bonds is 9. The van der Waals surface area contributed by atoms with E-state index in [-0.39, 0.29) is 30.8 Å². The van der Waals surface area contributed by atoms with Gasteiger partial charge in [-0.3, -0.25) is 9.59 Å². The van der Waals surface area contributed by atoms with Crippen molar-refractivity contribution in [1.29, 1.82) is 0 Å². The Morgan fingerprint density at radius 2 is 1.56 bits per heavy atom. The van der Waals surface area contributed by atoms with E-state index in [0.29, 0.717) is 6.42 Å². The molecule has 34 heavy (non-hydrogen) atoms. The number of hydrogen-bond donors (Lipinski definition) is 3. The van der Waals surface area contributed by atoms with Crippen LogP contribution in [0.1, 0.15) is 62.5 Å². The summed E-state index contributed by atoms with van der Waals surface area (Å²) in [6, 6.07) is 15.0. The highest BCUT2D eigenvalue weighted by molar-refractivity contribution is 5.86. The van der Waals surface area contributed by atoms with Gasteiger partial charge in [-0.05, 0) is 47.4 Å². The number of aliphatic carboxylic acids is 1. The Hall–Kier alpha value is -3.35. The Balaban J connectivity index is 1.36. The van der Waals surface area contributed by atoms with E-state index in [1.807, 2.05) is 24.3 Å². The molecule has 3 N–H and O–H groups in total. The number of carbonyl (C=O) groups is 3. The fourth-order valence-electron chi connectivity index (χ4n) is 5.30. The molecule has 2 aromatic rings. The van der Waals surface area contributed by atoms with Crippen molar-refractivity contribution >= 4 is 18.0 Å². The number of ether oxygens (including phenoxy) is 1. The summed E-state index contributed by atoms with van der Waals surface area (Å²) in [5, 5.41) is 14.8. The Bertz CT molecular complexity index is 1000. The fraction of sp³-hybridized carbons (Fsp3) is 0.444. The van der Waals surface area contributed by atoms with Gasteiger partial charge < -0.3 is 20.5 Å². The van der Waals surface area contributed by atoms with Crippen LogP contribution < -0.4 is 10.6 Å². The highest BCUT2D eigenvalue weighted by atomic mass is 16.5. The molecule has 0 spiro atoms. The van der Waals surface area contributed by atoms with Crippen molar-refractivity contribution in [3.05, 3.63) is 59.7 Å². The van der Waals surface area contributed by atoms with E-state index in [9.17, 15) is 19.5 Å². The predicted octanol–water partition coefficient (Wildman–Crippen LogP) is 4.45. The van der Waals surface area contributed by atoms with E-state index in [0.717, 1.165) is 47.9 Å². The number of carboxylic acids is 1. The first-order valence-corrected chi connectivity index (χ1v) is 12.1. The van der Waals surface area contributed by atoms with Crippen LogP contribution in [0.25, 0.3) is 11.1 Å². The van der Waals surface area contributed by atoms with Gasteiger partial charge in [-0.1, -0.05) is 68.3 Å². The van der Waals surface area contributed by atoms with Crippen LogP contribution in [0.5, 0.6) is 0 Å². The molecule has 2 aromatic carbocycles. The van der Waals surface area contributed by atoms with E-state index in [1.165, 1.54) is 0 Å². The Labute approximate surface area is 199 Å². The number of carbonyl (C=O) groups excluding carboxylic acids is 2. The summed E-state index contributed by atoms with van der Waals surface area (Å²) in [5.74, 6) is -1.20. The molecular weight excluding hydrogens is 432 g/mol. The summed E-state index contributed by atoms with van der Waals surface area (Å²) in [6.07, 6.45) is 3.53. The fourth-order valence-corrected chi connectivity index (χ4v) is 5.30. The standard InChI is InChI=1S/C27H32N2O5/c1-2-23(26(32)28-24(15-25(30)31)17-9-3-4-10-17)29-27(33)34-16-22-20-13-7-5-11-18(20)19-12-6-8-14-21(19)22/h5-8,11-14,17,22-24H,2-4,9-10,15-16H2,1H3,(H,28,32)(H,29,33)(H,30,31)/t23-,24?/m0/s1. The van der Waals surface area contributed by atoms with Crippen LogP contribution in [-0.2, 0) is 14.3 Å². The van der Waals surface area contributed by atoms with Gasteiger partial charge in [0.1, 0.15) is 12.6 Å². The van der Waals surface area contributed by atoms with Gasteiger partial charge in [-0.25, -0.2) is 4.79 Å². The molecule has 4 rings (SSSR count). The minimum Gasteiger partial charge on any atom is -0.481 e. The second-order valence-corrected chi connectivity index (χ2v) is 9.19. The number of nitrogens with one attached hydrogen (secondary N) is 2. The summed E-state index contributed by atoms with van der Waals surface area (Å²) in [6.45, 7) is 1.97. The normalized spacial score (nSPS) is 16.9. The number of carboxylic acid groups (broad SMARTS) is 1. The van der Waals surface area contributed by atoms with Gasteiger partial charge in [0.15, 0.2) is 0 Å². The topological polar surface area (TPSA) is 105 Å². The first-order valence-electron chi connectivity index (χ1n) is 12.1. The van der Waals surface area contributed by atoms with Crippen molar-refractivity contribution in [3.8, 4) is 11.1 Å². The lowest BCUT2D eigenvalue weighted by molar-refractivity contribution is -0.138. The second kappa shape index (κ2) is 10.7. The van der Waals surface area contributed by atoms with E-state index in [4.69, 9.17) is 4.74 Å². The average Bonchev–Trinajstić information content (AvgIpc) is 3.47. The molecule has 1 unspecified atom stereocenters. The van der Waals surface area contributed by atoms with Crippen LogP contribution in [0.15, 0.2) is 48.5 Å². The molecule has 2 aliphatic rings. The molecule has 0 radical (unpaired) electrons. The SMILES string of the molecule is CC[C@H](NC(=O)OCC1c2ccccc2-c2ccccc21)C(=O)NC(CC(=O)O)C1CCCC1. The van der Waals surface area contributed by atoms with Gasteiger partial charge in [0.25, 0.3) is 0 Å². The Kier molecular flexibility index (Phi) is 7.50. The zero-order valence-corrected chi connectivity index (χ0v) is 19.5. The molecule has 7 nitrogen and oxygen atoms in total. The molecule has 0 aliphatic heterocycles. The zero-order chi connectivity index (χ0) is 24.1. The Morgan fingerprint density at radius 1 is 0.971 bits per heavy atom. The van der Waals surface area contributed by atoms with Gasteiger partial charge in [0.2, 0.25) is 5.91 Å². The largest absolute Gasteiger partial charge is 0.481 e. The van der Waals surface area contributed by atoms with Crippen LogP contribution in [0.2, 0.25) is 0 Å². The minimum absolute atomic E-state index is 0.0608. The molecule has 2 amide bonds. The Morgan fingerprint density at radius 3 is 2.12 bits per heavy atom. The molecule has 7 heteroatoms.